The van der Waals surface area contributed by atoms with Gasteiger partial charge in [0.1, 0.15) is 15.9 Å². The fourth-order valence-corrected chi connectivity index (χ4v) is 4.65. The topological polar surface area (TPSA) is 68.9 Å². The number of rotatable bonds is 13. The summed E-state index contributed by atoms with van der Waals surface area (Å²) in [6.45, 7) is 3.71. The molecular weight excluding hydrogens is 360 g/mol. The van der Waals surface area contributed by atoms with Gasteiger partial charge in [0.25, 0.3) is 0 Å². The first-order valence-corrected chi connectivity index (χ1v) is 11.3. The number of hydrogen-bond donors (Lipinski definition) is 1. The number of unbranched alkanes of at least 4 members (excludes halogenated alkanes) is 2. The monoisotopic (exact) mass is 392 g/mol. The fourth-order valence-electron chi connectivity index (χ4n) is 2.62. The molecule has 3 atom stereocenters. The average Bonchev–Trinajstić information content (AvgIpc) is 3.11. The highest BCUT2D eigenvalue weighted by molar-refractivity contribution is 8.11. The molecule has 0 aliphatic heterocycles. The lowest BCUT2D eigenvalue weighted by Gasteiger charge is -2.29. The molecule has 0 bridgehead atoms. The summed E-state index contributed by atoms with van der Waals surface area (Å²) in [5.41, 5.74) is 0. The van der Waals surface area contributed by atoms with E-state index in [0.717, 1.165) is 37.9 Å². The third-order valence-electron chi connectivity index (χ3n) is 4.44. The van der Waals surface area contributed by atoms with E-state index in [2.05, 4.69) is 0 Å². The maximum Gasteiger partial charge on any atom is 0.163 e. The normalized spacial score (nSPS) is 17.2. The van der Waals surface area contributed by atoms with E-state index in [1.54, 1.807) is 19.6 Å². The van der Waals surface area contributed by atoms with E-state index < -0.39 is 20.7 Å². The van der Waals surface area contributed by atoms with Gasteiger partial charge in [-0.1, -0.05) is 19.3 Å². The molecule has 0 aliphatic carbocycles. The first-order valence-electron chi connectivity index (χ1n) is 8.56. The van der Waals surface area contributed by atoms with E-state index in [0.29, 0.717) is 0 Å². The Morgan fingerprint density at radius 3 is 2.56 bits per heavy atom. The van der Waals surface area contributed by atoms with Gasteiger partial charge < -0.3 is 19.0 Å². The molecule has 0 saturated carbocycles. The molecule has 0 spiro atoms. The van der Waals surface area contributed by atoms with Crippen LogP contribution in [-0.4, -0.2) is 45.4 Å². The molecule has 7 heteroatoms. The van der Waals surface area contributed by atoms with Crippen LogP contribution in [0.4, 0.5) is 0 Å². The molecule has 0 amide bonds. The van der Waals surface area contributed by atoms with Gasteiger partial charge in [0.2, 0.25) is 0 Å². The highest BCUT2D eigenvalue weighted by Gasteiger charge is 2.32. The summed E-state index contributed by atoms with van der Waals surface area (Å²) >= 11 is 1.49. The van der Waals surface area contributed by atoms with Crippen LogP contribution in [0.5, 0.6) is 0 Å². The van der Waals surface area contributed by atoms with E-state index in [4.69, 9.17) is 13.9 Å². The van der Waals surface area contributed by atoms with Crippen molar-refractivity contribution in [1.82, 2.24) is 0 Å². The van der Waals surface area contributed by atoms with Gasteiger partial charge in [-0.25, -0.2) is 0 Å². The van der Waals surface area contributed by atoms with E-state index in [-0.39, 0.29) is 12.7 Å². The van der Waals surface area contributed by atoms with Crippen LogP contribution < -0.4 is 0 Å². The minimum atomic E-state index is -1.06. The third kappa shape index (κ3) is 7.06. The van der Waals surface area contributed by atoms with Crippen molar-refractivity contribution in [3.05, 3.63) is 24.2 Å². The minimum Gasteiger partial charge on any atom is -0.467 e. The number of furan rings is 1. The predicted octanol–water partition coefficient (Wildman–Crippen LogP) is 4.10. The molecule has 1 aromatic rings. The smallest absolute Gasteiger partial charge is 0.163 e. The highest BCUT2D eigenvalue weighted by atomic mass is 32.2. The van der Waals surface area contributed by atoms with E-state index >= 15 is 0 Å². The lowest BCUT2D eigenvalue weighted by atomic mass is 10.1. The number of ether oxygens (including phenoxy) is 2. The zero-order chi connectivity index (χ0) is 18.9. The van der Waals surface area contributed by atoms with Gasteiger partial charge in [0.15, 0.2) is 5.79 Å². The number of aliphatic hydroxyl groups is 1. The Balaban J connectivity index is 2.51. The minimum absolute atomic E-state index is 0.0581. The first kappa shape index (κ1) is 22.7. The quantitative estimate of drug-likeness (QED) is 0.403. The molecule has 25 heavy (non-hydrogen) atoms. The van der Waals surface area contributed by atoms with Crippen molar-refractivity contribution in [3.8, 4) is 0 Å². The van der Waals surface area contributed by atoms with Crippen LogP contribution in [0.3, 0.4) is 0 Å². The van der Waals surface area contributed by atoms with Gasteiger partial charge in [-0.3, -0.25) is 4.21 Å². The second-order valence-corrected chi connectivity index (χ2v) is 9.69. The summed E-state index contributed by atoms with van der Waals surface area (Å²) in [5.74, 6) is 0.121. The van der Waals surface area contributed by atoms with Crippen molar-refractivity contribution in [3.63, 3.8) is 0 Å². The van der Waals surface area contributed by atoms with E-state index in [1.165, 1.54) is 11.8 Å². The summed E-state index contributed by atoms with van der Waals surface area (Å²) in [6, 6.07) is 3.78. The largest absolute Gasteiger partial charge is 0.467 e. The molecule has 0 aromatic carbocycles. The number of thioether (sulfide) groups is 1. The van der Waals surface area contributed by atoms with Crippen molar-refractivity contribution in [1.29, 1.82) is 0 Å². The number of hydrogen-bond acceptors (Lipinski definition) is 6. The molecule has 1 heterocycles. The Bertz CT molecular complexity index is 498. The van der Waals surface area contributed by atoms with Gasteiger partial charge in [-0.05, 0) is 45.1 Å². The Morgan fingerprint density at radius 2 is 2.08 bits per heavy atom. The van der Waals surface area contributed by atoms with Gasteiger partial charge in [-0.15, -0.1) is 11.8 Å². The molecular formula is C18H32O5S2. The summed E-state index contributed by atoms with van der Waals surface area (Å²) in [6.07, 6.45) is 9.48. The van der Waals surface area contributed by atoms with Gasteiger partial charge in [0, 0.05) is 24.2 Å². The SMILES string of the molecule is COC(C)(C)OC(CCCCCC(CO)(SC)S(C)=O)c1ccco1. The maximum atomic E-state index is 11.9. The maximum absolute atomic E-state index is 11.9. The zero-order valence-corrected chi connectivity index (χ0v) is 17.6. The molecule has 0 aliphatic rings. The summed E-state index contributed by atoms with van der Waals surface area (Å²) in [4.78, 5) is 0. The predicted molar refractivity (Wildman–Crippen MR) is 104 cm³/mol. The van der Waals surface area contributed by atoms with Gasteiger partial charge >= 0.3 is 0 Å². The van der Waals surface area contributed by atoms with Crippen molar-refractivity contribution in [2.45, 2.75) is 61.9 Å². The van der Waals surface area contributed by atoms with Crippen LogP contribution in [0, 0.1) is 0 Å². The van der Waals surface area contributed by atoms with Crippen LogP contribution in [-0.2, 0) is 20.3 Å². The molecule has 5 nitrogen and oxygen atoms in total. The number of aliphatic hydroxyl groups excluding tert-OH is 1. The molecule has 3 unspecified atom stereocenters. The number of methoxy groups -OCH3 is 1. The van der Waals surface area contributed by atoms with Crippen molar-refractivity contribution < 1.29 is 23.2 Å². The zero-order valence-electron chi connectivity index (χ0n) is 15.9. The van der Waals surface area contributed by atoms with Crippen molar-refractivity contribution in [2.75, 3.05) is 26.2 Å². The molecule has 1 rings (SSSR count). The van der Waals surface area contributed by atoms with Crippen molar-refractivity contribution >= 4 is 22.6 Å². The average molecular weight is 393 g/mol. The van der Waals surface area contributed by atoms with Gasteiger partial charge in [-0.2, -0.15) is 0 Å². The molecule has 1 aromatic heterocycles. The molecule has 0 saturated heterocycles. The van der Waals surface area contributed by atoms with E-state index in [9.17, 15) is 9.32 Å². The molecule has 0 radical (unpaired) electrons. The van der Waals surface area contributed by atoms with E-state index in [1.807, 2.05) is 32.2 Å². The molecule has 1 N–H and O–H groups in total. The summed E-state index contributed by atoms with van der Waals surface area (Å²) in [5, 5.41) is 9.61. The third-order valence-corrected chi connectivity index (χ3v) is 8.10. The highest BCUT2D eigenvalue weighted by Crippen LogP contribution is 2.33. The first-order chi connectivity index (χ1) is 11.8. The Labute approximate surface area is 158 Å². The Hall–Kier alpha value is -0.340. The van der Waals surface area contributed by atoms with Crippen molar-refractivity contribution in [2.24, 2.45) is 0 Å². The fraction of sp³-hybridized carbons (Fsp3) is 0.778. The van der Waals surface area contributed by atoms with Crippen LogP contribution >= 0.6 is 11.8 Å². The Kier molecular flexibility index (Phi) is 9.74. The molecule has 146 valence electrons. The lowest BCUT2D eigenvalue weighted by Crippen LogP contribution is -2.34. The van der Waals surface area contributed by atoms with Crippen LogP contribution in [0.25, 0.3) is 0 Å². The van der Waals surface area contributed by atoms with Crippen LogP contribution in [0.15, 0.2) is 22.8 Å². The molecule has 0 fully saturated rings. The standard InChI is InChI=1S/C18H32O5S2/c1-17(2,21-3)23-16(15-11-9-13-22-15)10-7-6-8-12-18(14-19,24-4)25(5)20/h9,11,13,16,19H,6-8,10,12,14H2,1-5H3. The second-order valence-electron chi connectivity index (χ2n) is 6.55. The van der Waals surface area contributed by atoms with Gasteiger partial charge in [0.05, 0.1) is 12.9 Å². The Morgan fingerprint density at radius 1 is 1.36 bits per heavy atom. The lowest BCUT2D eigenvalue weighted by molar-refractivity contribution is -0.230. The summed E-state index contributed by atoms with van der Waals surface area (Å²) in [7, 11) is 0.568. The van der Waals surface area contributed by atoms with Crippen LogP contribution in [0.2, 0.25) is 0 Å². The second kappa shape index (κ2) is 10.7. The summed E-state index contributed by atoms with van der Waals surface area (Å²) < 4.78 is 28.3. The van der Waals surface area contributed by atoms with Crippen LogP contribution in [0.1, 0.15) is 57.8 Å².